The summed E-state index contributed by atoms with van der Waals surface area (Å²) in [5.74, 6) is -45.1. The number of nitrogens with one attached hydrogen (secondary N) is 1. The second-order valence-corrected chi connectivity index (χ2v) is 10.6. The minimum absolute atomic E-state index is 0.731. The quantitative estimate of drug-likeness (QED) is 0.0698. The lowest BCUT2D eigenvalue weighted by Crippen LogP contribution is -3.11. The normalized spacial score (nSPS) is 11.4. The summed E-state index contributed by atoms with van der Waals surface area (Å²) in [5, 5.41) is 0. The Kier molecular flexibility index (Phi) is 12.6. The van der Waals surface area contributed by atoms with Gasteiger partial charge in [-0.3, -0.25) is 0 Å². The third-order valence-corrected chi connectivity index (χ3v) is 7.63. The van der Waals surface area contributed by atoms with E-state index in [0.717, 1.165) is 19.6 Å². The molecule has 0 bridgehead atoms. The fourth-order valence-electron chi connectivity index (χ4n) is 5.64. The molecule has 4 rings (SSSR count). The highest BCUT2D eigenvalue weighted by Gasteiger charge is 2.49. The average molecular weight is 745 g/mol. The second kappa shape index (κ2) is 15.9. The van der Waals surface area contributed by atoms with E-state index in [1.165, 1.54) is 4.90 Å². The van der Waals surface area contributed by atoms with Crippen molar-refractivity contribution >= 4 is 28.0 Å². The zero-order chi connectivity index (χ0) is 38.7. The van der Waals surface area contributed by atoms with Crippen LogP contribution in [0.15, 0.2) is 62.2 Å². The predicted octanol–water partition coefficient (Wildman–Crippen LogP) is 5.72. The molecule has 0 aliphatic heterocycles. The summed E-state index contributed by atoms with van der Waals surface area (Å²) >= 11 is 0. The molecule has 0 fully saturated rings. The highest BCUT2D eigenvalue weighted by Crippen LogP contribution is 2.27. The van der Waals surface area contributed by atoms with Crippen LogP contribution in [0.2, 0.25) is 0 Å². The van der Waals surface area contributed by atoms with Crippen molar-refractivity contribution in [3.8, 4) is 0 Å². The van der Waals surface area contributed by atoms with Gasteiger partial charge in [-0.05, 0) is 18.2 Å². The van der Waals surface area contributed by atoms with E-state index in [1.807, 2.05) is 18.2 Å². The molecular weight excluding hydrogens is 725 g/mol. The van der Waals surface area contributed by atoms with Crippen LogP contribution in [0.25, 0.3) is 0 Å². The SMILES string of the molecule is C=CC[NH+](CC=C)CC=C.Fc1cc(F)c([B-](c2c(F)cc(F)c(F)c2F)(c2c(F)cc(F)c(F)c2F)c2c(F)cc(F)c(F)c2F)c(F)c1F. The summed E-state index contributed by atoms with van der Waals surface area (Å²) in [6.07, 6.45) is -0.423. The van der Waals surface area contributed by atoms with Gasteiger partial charge in [0, 0.05) is 24.3 Å². The summed E-state index contributed by atoms with van der Waals surface area (Å²) in [4.78, 5) is 1.43. The summed E-state index contributed by atoms with van der Waals surface area (Å²) in [5.41, 5.74) is -10.9. The lowest BCUT2D eigenvalue weighted by atomic mass is 9.12. The van der Waals surface area contributed by atoms with Gasteiger partial charge in [0.05, 0.1) is 42.9 Å². The molecule has 4 aromatic rings. The third-order valence-electron chi connectivity index (χ3n) is 7.63. The molecule has 0 heterocycles. The van der Waals surface area contributed by atoms with Crippen LogP contribution in [0.3, 0.4) is 0 Å². The lowest BCUT2D eigenvalue weighted by molar-refractivity contribution is -0.881. The van der Waals surface area contributed by atoms with E-state index in [0.29, 0.717) is 0 Å². The van der Waals surface area contributed by atoms with E-state index in [9.17, 15) is 35.1 Å². The first kappa shape index (κ1) is 40.4. The Morgan fingerprint density at radius 3 is 0.725 bits per heavy atom. The number of quaternary nitrogens is 1. The molecule has 272 valence electrons. The third kappa shape index (κ3) is 7.14. The summed E-state index contributed by atoms with van der Waals surface area (Å²) in [6.45, 7) is 14.0. The first-order valence-electron chi connectivity index (χ1n) is 14.0. The van der Waals surface area contributed by atoms with Crippen molar-refractivity contribution in [2.24, 2.45) is 0 Å². The van der Waals surface area contributed by atoms with E-state index in [1.54, 1.807) is 0 Å². The Labute approximate surface area is 278 Å². The van der Waals surface area contributed by atoms with Gasteiger partial charge in [0.1, 0.15) is 29.4 Å². The van der Waals surface area contributed by atoms with Gasteiger partial charge < -0.3 is 4.90 Å². The minimum atomic E-state index is -6.18. The number of hydrogen-bond donors (Lipinski definition) is 1. The maximum atomic E-state index is 15.3. The van der Waals surface area contributed by atoms with E-state index in [-0.39, 0.29) is 0 Å². The van der Waals surface area contributed by atoms with Crippen molar-refractivity contribution in [3.05, 3.63) is 155 Å². The van der Waals surface area contributed by atoms with E-state index >= 15 is 35.1 Å². The Hall–Kier alpha value is -5.00. The monoisotopic (exact) mass is 745 g/mol. The van der Waals surface area contributed by atoms with Gasteiger partial charge in [-0.2, -0.15) is 0 Å². The number of benzene rings is 4. The highest BCUT2D eigenvalue weighted by molar-refractivity contribution is 7.20. The molecule has 0 atom stereocenters. The fraction of sp³-hybridized carbons (Fsp3) is 0.0909. The smallest absolute Gasteiger partial charge is 0.191 e. The van der Waals surface area contributed by atoms with Crippen molar-refractivity contribution in [1.82, 2.24) is 0 Å². The zero-order valence-corrected chi connectivity index (χ0v) is 25.4. The molecule has 1 N–H and O–H groups in total. The molecule has 1 nitrogen and oxygen atoms in total. The standard InChI is InChI=1S/C24H4BF16.C9H15N/c26-5-1-9(30)17(34)21(38)13(5)25(14-6(27)2-10(31)18(35)22(14)39,15-7(28)3-11(32)19(36)23(15)40)16-8(29)4-12(33)20(37)24(16)41;1-4-7-10(8-5-2)9-6-3/h1-4H;4-6H,1-3,7-9H2/q-1;/p+1. The highest BCUT2D eigenvalue weighted by atomic mass is 19.2. The number of rotatable bonds is 10. The van der Waals surface area contributed by atoms with Crippen LogP contribution >= 0.6 is 0 Å². The van der Waals surface area contributed by atoms with E-state index in [4.69, 9.17) is 0 Å². The maximum absolute atomic E-state index is 15.3. The molecule has 0 aliphatic rings. The predicted molar refractivity (Wildman–Crippen MR) is 156 cm³/mol. The van der Waals surface area contributed by atoms with Gasteiger partial charge in [0.25, 0.3) is 0 Å². The molecule has 0 spiro atoms. The van der Waals surface area contributed by atoms with E-state index in [2.05, 4.69) is 19.7 Å². The van der Waals surface area contributed by atoms with Gasteiger partial charge in [-0.25, -0.2) is 70.2 Å². The van der Waals surface area contributed by atoms with Crippen molar-refractivity contribution in [3.63, 3.8) is 0 Å². The lowest BCUT2D eigenvalue weighted by Gasteiger charge is -2.44. The molecule has 18 heteroatoms. The molecule has 0 unspecified atom stereocenters. The van der Waals surface area contributed by atoms with Gasteiger partial charge in [-0.15, -0.1) is 21.9 Å². The zero-order valence-electron chi connectivity index (χ0n) is 25.4. The van der Waals surface area contributed by atoms with Crippen molar-refractivity contribution in [1.29, 1.82) is 0 Å². The van der Waals surface area contributed by atoms with Crippen LogP contribution in [0.4, 0.5) is 70.2 Å². The Morgan fingerprint density at radius 2 is 0.549 bits per heavy atom. The van der Waals surface area contributed by atoms with Crippen LogP contribution in [-0.4, -0.2) is 25.8 Å². The van der Waals surface area contributed by atoms with Crippen molar-refractivity contribution < 1.29 is 75.1 Å². The van der Waals surface area contributed by atoms with E-state index < -0.39 is 145 Å². The Bertz CT molecular complexity index is 1750. The molecule has 4 aromatic carbocycles. The van der Waals surface area contributed by atoms with Gasteiger partial charge in [0.2, 0.25) is 0 Å². The minimum Gasteiger partial charge on any atom is -0.325 e. The van der Waals surface area contributed by atoms with Crippen LogP contribution in [0.1, 0.15) is 0 Å². The topological polar surface area (TPSA) is 4.44 Å². The Morgan fingerprint density at radius 1 is 0.353 bits per heavy atom. The Balaban J connectivity index is 0.000000612. The largest absolute Gasteiger partial charge is 0.325 e. The molecule has 51 heavy (non-hydrogen) atoms. The maximum Gasteiger partial charge on any atom is 0.191 e. The van der Waals surface area contributed by atoms with Gasteiger partial charge >= 0.3 is 0 Å². The molecule has 0 amide bonds. The number of halogens is 16. The van der Waals surface area contributed by atoms with Gasteiger partial charge in [-0.1, -0.05) is 19.7 Å². The van der Waals surface area contributed by atoms with Crippen LogP contribution in [0, 0.1) is 93.1 Å². The number of hydrogen-bond acceptors (Lipinski definition) is 0. The molecule has 0 aromatic heterocycles. The van der Waals surface area contributed by atoms with Crippen molar-refractivity contribution in [2.75, 3.05) is 19.6 Å². The molecule has 0 saturated heterocycles. The molecule has 0 aliphatic carbocycles. The van der Waals surface area contributed by atoms with Gasteiger partial charge in [0.15, 0.2) is 46.5 Å². The molecule has 0 radical (unpaired) electrons. The average Bonchev–Trinajstić information content (AvgIpc) is 3.04. The molecule has 0 saturated carbocycles. The van der Waals surface area contributed by atoms with Crippen molar-refractivity contribution in [2.45, 2.75) is 0 Å². The van der Waals surface area contributed by atoms with Crippen LogP contribution < -0.4 is 26.8 Å². The van der Waals surface area contributed by atoms with Crippen LogP contribution in [0.5, 0.6) is 0 Å². The van der Waals surface area contributed by atoms with Crippen LogP contribution in [-0.2, 0) is 0 Å². The first-order valence-corrected chi connectivity index (χ1v) is 14.0. The molecular formula is C33H20BF16N. The summed E-state index contributed by atoms with van der Waals surface area (Å²) < 4.78 is 235. The first-order chi connectivity index (χ1) is 23.8. The summed E-state index contributed by atoms with van der Waals surface area (Å²) in [7, 11) is 0. The summed E-state index contributed by atoms with van der Waals surface area (Å²) in [6, 6.07) is -2.92. The fourth-order valence-corrected chi connectivity index (χ4v) is 5.64. The second-order valence-electron chi connectivity index (χ2n) is 10.6.